The van der Waals surface area contributed by atoms with E-state index in [1.165, 1.54) is 44.9 Å². The number of hydrogen-bond acceptors (Lipinski definition) is 5. The van der Waals surface area contributed by atoms with Gasteiger partial charge in [0.2, 0.25) is 5.95 Å². The minimum atomic E-state index is 0.530. The van der Waals surface area contributed by atoms with Crippen LogP contribution in [0.15, 0.2) is 6.20 Å². The molecule has 1 N–H and O–H groups in total. The van der Waals surface area contributed by atoms with Gasteiger partial charge in [0.25, 0.3) is 0 Å². The van der Waals surface area contributed by atoms with Gasteiger partial charge in [-0.2, -0.15) is 10.1 Å². The smallest absolute Gasteiger partial charge is 0.244 e. The van der Waals surface area contributed by atoms with Crippen molar-refractivity contribution in [3.05, 3.63) is 6.20 Å². The van der Waals surface area contributed by atoms with Crippen molar-refractivity contribution < 1.29 is 0 Å². The standard InChI is InChI=1S/C15H25N5/c1-12-7-9-20(10-8-12)14-11-16-19-15(18-14)17-13-5-3-2-4-6-13/h11-13H,2-10H2,1H3,(H,17,18,19). The molecule has 0 aromatic carbocycles. The Labute approximate surface area is 121 Å². The number of nitrogens with one attached hydrogen (secondary N) is 1. The molecule has 1 aromatic heterocycles. The molecule has 5 heteroatoms. The lowest BCUT2D eigenvalue weighted by molar-refractivity contribution is 0.435. The van der Waals surface area contributed by atoms with Gasteiger partial charge in [-0.05, 0) is 31.6 Å². The molecule has 0 spiro atoms. The van der Waals surface area contributed by atoms with E-state index in [-0.39, 0.29) is 0 Å². The average Bonchev–Trinajstić information content (AvgIpc) is 2.49. The molecule has 2 heterocycles. The third-order valence-electron chi connectivity index (χ3n) is 4.59. The maximum atomic E-state index is 4.66. The first kappa shape index (κ1) is 13.6. The minimum Gasteiger partial charge on any atom is -0.355 e. The third-order valence-corrected chi connectivity index (χ3v) is 4.59. The molecule has 0 bridgehead atoms. The molecule has 0 amide bonds. The molecule has 20 heavy (non-hydrogen) atoms. The van der Waals surface area contributed by atoms with Crippen LogP contribution in [0.25, 0.3) is 0 Å². The zero-order valence-corrected chi connectivity index (χ0v) is 12.4. The topological polar surface area (TPSA) is 53.9 Å². The first-order chi connectivity index (χ1) is 9.81. The van der Waals surface area contributed by atoms with Crippen molar-refractivity contribution >= 4 is 11.8 Å². The Balaban J connectivity index is 1.63. The van der Waals surface area contributed by atoms with Crippen molar-refractivity contribution in [2.24, 2.45) is 5.92 Å². The summed E-state index contributed by atoms with van der Waals surface area (Å²) in [6, 6.07) is 0.530. The maximum absolute atomic E-state index is 4.66. The van der Waals surface area contributed by atoms with Gasteiger partial charge in [0.15, 0.2) is 5.82 Å². The zero-order chi connectivity index (χ0) is 13.8. The molecule has 5 nitrogen and oxygen atoms in total. The van der Waals surface area contributed by atoms with Gasteiger partial charge >= 0.3 is 0 Å². The monoisotopic (exact) mass is 275 g/mol. The van der Waals surface area contributed by atoms with E-state index in [4.69, 9.17) is 0 Å². The van der Waals surface area contributed by atoms with Crippen LogP contribution in [0, 0.1) is 5.92 Å². The fourth-order valence-corrected chi connectivity index (χ4v) is 3.18. The number of nitrogens with zero attached hydrogens (tertiary/aromatic N) is 4. The average molecular weight is 275 g/mol. The highest BCUT2D eigenvalue weighted by atomic mass is 15.3. The highest BCUT2D eigenvalue weighted by molar-refractivity contribution is 5.40. The van der Waals surface area contributed by atoms with Crippen molar-refractivity contribution in [1.29, 1.82) is 0 Å². The van der Waals surface area contributed by atoms with E-state index < -0.39 is 0 Å². The Bertz CT molecular complexity index is 422. The first-order valence-corrected chi connectivity index (χ1v) is 8.02. The molecule has 1 aliphatic carbocycles. The molecular weight excluding hydrogens is 250 g/mol. The molecule has 2 fully saturated rings. The van der Waals surface area contributed by atoms with Gasteiger partial charge in [0, 0.05) is 19.1 Å². The highest BCUT2D eigenvalue weighted by Crippen LogP contribution is 2.23. The molecule has 1 aliphatic heterocycles. The van der Waals surface area contributed by atoms with Crippen molar-refractivity contribution in [3.63, 3.8) is 0 Å². The fourth-order valence-electron chi connectivity index (χ4n) is 3.18. The van der Waals surface area contributed by atoms with Gasteiger partial charge in [-0.3, -0.25) is 0 Å². The van der Waals surface area contributed by atoms with Crippen LogP contribution in [-0.2, 0) is 0 Å². The predicted molar refractivity (Wildman–Crippen MR) is 80.9 cm³/mol. The van der Waals surface area contributed by atoms with Crippen molar-refractivity contribution in [2.75, 3.05) is 23.3 Å². The summed E-state index contributed by atoms with van der Waals surface area (Å²) in [6.45, 7) is 4.50. The van der Waals surface area contributed by atoms with Crippen molar-refractivity contribution in [3.8, 4) is 0 Å². The molecule has 0 unspecified atom stereocenters. The van der Waals surface area contributed by atoms with E-state index in [1.54, 1.807) is 6.20 Å². The summed E-state index contributed by atoms with van der Waals surface area (Å²) in [4.78, 5) is 6.99. The lowest BCUT2D eigenvalue weighted by Gasteiger charge is -2.31. The molecular formula is C15H25N5. The maximum Gasteiger partial charge on any atom is 0.244 e. The molecule has 110 valence electrons. The van der Waals surface area contributed by atoms with E-state index in [0.717, 1.165) is 24.8 Å². The van der Waals surface area contributed by atoms with Crippen LogP contribution >= 0.6 is 0 Å². The van der Waals surface area contributed by atoms with Gasteiger partial charge < -0.3 is 10.2 Å². The van der Waals surface area contributed by atoms with Crippen LogP contribution in [0.3, 0.4) is 0 Å². The summed E-state index contributed by atoms with van der Waals surface area (Å²) in [5.74, 6) is 2.51. The first-order valence-electron chi connectivity index (χ1n) is 8.02. The van der Waals surface area contributed by atoms with E-state index in [9.17, 15) is 0 Å². The second-order valence-corrected chi connectivity index (χ2v) is 6.29. The molecule has 2 aliphatic rings. The summed E-state index contributed by atoms with van der Waals surface area (Å²) >= 11 is 0. The molecule has 1 aromatic rings. The Kier molecular flexibility index (Phi) is 4.33. The molecule has 1 saturated heterocycles. The normalized spacial score (nSPS) is 21.9. The Morgan fingerprint density at radius 3 is 2.60 bits per heavy atom. The molecule has 3 rings (SSSR count). The highest BCUT2D eigenvalue weighted by Gasteiger charge is 2.19. The second-order valence-electron chi connectivity index (χ2n) is 6.29. The van der Waals surface area contributed by atoms with E-state index in [0.29, 0.717) is 12.0 Å². The number of piperidine rings is 1. The Morgan fingerprint density at radius 1 is 1.10 bits per heavy atom. The number of rotatable bonds is 3. The van der Waals surface area contributed by atoms with Gasteiger partial charge in [-0.25, -0.2) is 0 Å². The summed E-state index contributed by atoms with van der Waals surface area (Å²) in [5.41, 5.74) is 0. The summed E-state index contributed by atoms with van der Waals surface area (Å²) in [6.07, 6.45) is 10.7. The van der Waals surface area contributed by atoms with Crippen molar-refractivity contribution in [1.82, 2.24) is 15.2 Å². The zero-order valence-electron chi connectivity index (χ0n) is 12.4. The predicted octanol–water partition coefficient (Wildman–Crippen LogP) is 2.85. The van der Waals surface area contributed by atoms with Crippen LogP contribution in [0.2, 0.25) is 0 Å². The van der Waals surface area contributed by atoms with Crippen LogP contribution in [-0.4, -0.2) is 34.3 Å². The second kappa shape index (κ2) is 6.37. The van der Waals surface area contributed by atoms with Crippen LogP contribution < -0.4 is 10.2 Å². The summed E-state index contributed by atoms with van der Waals surface area (Å²) < 4.78 is 0. The summed E-state index contributed by atoms with van der Waals surface area (Å²) in [7, 11) is 0. The third kappa shape index (κ3) is 3.38. The largest absolute Gasteiger partial charge is 0.355 e. The Hall–Kier alpha value is -1.39. The van der Waals surface area contributed by atoms with Crippen LogP contribution in [0.4, 0.5) is 11.8 Å². The van der Waals surface area contributed by atoms with E-state index in [1.807, 2.05) is 0 Å². The number of aromatic nitrogens is 3. The van der Waals surface area contributed by atoms with Gasteiger partial charge in [0.05, 0.1) is 6.20 Å². The lowest BCUT2D eigenvalue weighted by atomic mass is 9.96. The number of anilines is 2. The van der Waals surface area contributed by atoms with Gasteiger partial charge in [-0.1, -0.05) is 26.2 Å². The molecule has 1 saturated carbocycles. The minimum absolute atomic E-state index is 0.530. The van der Waals surface area contributed by atoms with Crippen LogP contribution in [0.5, 0.6) is 0 Å². The molecule has 0 atom stereocenters. The number of hydrogen-bond donors (Lipinski definition) is 1. The molecule has 0 radical (unpaired) electrons. The van der Waals surface area contributed by atoms with Gasteiger partial charge in [-0.15, -0.1) is 5.10 Å². The summed E-state index contributed by atoms with van der Waals surface area (Å²) in [5, 5.41) is 11.7. The van der Waals surface area contributed by atoms with Crippen molar-refractivity contribution in [2.45, 2.75) is 57.9 Å². The lowest BCUT2D eigenvalue weighted by Crippen LogP contribution is -2.34. The quantitative estimate of drug-likeness (QED) is 0.919. The van der Waals surface area contributed by atoms with Crippen LogP contribution in [0.1, 0.15) is 51.9 Å². The van der Waals surface area contributed by atoms with E-state index >= 15 is 0 Å². The van der Waals surface area contributed by atoms with Gasteiger partial charge in [0.1, 0.15) is 0 Å². The van der Waals surface area contributed by atoms with E-state index in [2.05, 4.69) is 32.3 Å². The fraction of sp³-hybridized carbons (Fsp3) is 0.800. The SMILES string of the molecule is CC1CCN(c2cnnc(NC3CCCCC3)n2)CC1. The Morgan fingerprint density at radius 2 is 1.85 bits per heavy atom.